The summed E-state index contributed by atoms with van der Waals surface area (Å²) in [6, 6.07) is 23.1. The zero-order valence-corrected chi connectivity index (χ0v) is 27.1. The summed E-state index contributed by atoms with van der Waals surface area (Å²) < 4.78 is 50.9. The van der Waals surface area contributed by atoms with Crippen molar-refractivity contribution in [1.29, 1.82) is 0 Å². The predicted molar refractivity (Wildman–Crippen MR) is 173 cm³/mol. The minimum atomic E-state index is -4.14. The Morgan fingerprint density at radius 2 is 1.59 bits per heavy atom. The highest BCUT2D eigenvalue weighted by Crippen LogP contribution is 2.37. The Labute approximate surface area is 269 Å². The van der Waals surface area contributed by atoms with E-state index in [1.165, 1.54) is 51.8 Å². The number of methoxy groups -OCH3 is 3. The molecule has 0 radical (unpaired) electrons. The first-order valence-corrected chi connectivity index (χ1v) is 15.6. The van der Waals surface area contributed by atoms with E-state index >= 15 is 0 Å². The topological polar surface area (TPSA) is 116 Å². The molecule has 0 heterocycles. The number of halogens is 2. The van der Waals surface area contributed by atoms with E-state index in [1.54, 1.807) is 48.5 Å². The lowest BCUT2D eigenvalue weighted by Crippen LogP contribution is -2.39. The SMILES string of the molecule is COc1ccc(N(CC(=O)N/N=C\c2cc(Br)c(OCc3ccc(Cl)cc3)c(OC)c2)S(=O)(=O)c2ccccc2)cc1OC. The van der Waals surface area contributed by atoms with Crippen LogP contribution in [-0.4, -0.2) is 48.4 Å². The molecule has 0 unspecified atom stereocenters. The molecule has 1 N–H and O–H groups in total. The van der Waals surface area contributed by atoms with Crippen LogP contribution in [0.4, 0.5) is 5.69 Å². The van der Waals surface area contributed by atoms with Crippen molar-refractivity contribution >= 4 is 55.4 Å². The lowest BCUT2D eigenvalue weighted by molar-refractivity contribution is -0.119. The number of benzene rings is 4. The molecule has 0 aliphatic carbocycles. The fourth-order valence-corrected chi connectivity index (χ4v) is 6.18. The molecule has 0 atom stereocenters. The van der Waals surface area contributed by atoms with Gasteiger partial charge in [-0.25, -0.2) is 13.8 Å². The molecule has 4 aromatic rings. The molecular formula is C31H29BrClN3O7S. The van der Waals surface area contributed by atoms with Crippen LogP contribution in [-0.2, 0) is 21.4 Å². The van der Waals surface area contributed by atoms with Gasteiger partial charge in [0.15, 0.2) is 23.0 Å². The number of ether oxygens (including phenoxy) is 4. The largest absolute Gasteiger partial charge is 0.493 e. The maximum absolute atomic E-state index is 13.6. The van der Waals surface area contributed by atoms with Crippen LogP contribution in [0.2, 0.25) is 5.02 Å². The van der Waals surface area contributed by atoms with Crippen LogP contribution in [0.3, 0.4) is 0 Å². The van der Waals surface area contributed by atoms with E-state index in [1.807, 2.05) is 12.1 Å². The molecule has 0 fully saturated rings. The highest BCUT2D eigenvalue weighted by molar-refractivity contribution is 9.10. The Kier molecular flexibility index (Phi) is 11.1. The first-order valence-electron chi connectivity index (χ1n) is 13.0. The van der Waals surface area contributed by atoms with Gasteiger partial charge < -0.3 is 18.9 Å². The van der Waals surface area contributed by atoms with Gasteiger partial charge in [-0.05, 0) is 75.6 Å². The summed E-state index contributed by atoms with van der Waals surface area (Å²) in [7, 11) is 0.277. The van der Waals surface area contributed by atoms with Gasteiger partial charge >= 0.3 is 0 Å². The van der Waals surface area contributed by atoms with Crippen molar-refractivity contribution < 1.29 is 32.2 Å². The highest BCUT2D eigenvalue weighted by Gasteiger charge is 2.28. The summed E-state index contributed by atoms with van der Waals surface area (Å²) in [5.74, 6) is 0.960. The second-order valence-electron chi connectivity index (χ2n) is 9.11. The van der Waals surface area contributed by atoms with Crippen LogP contribution < -0.4 is 28.7 Å². The van der Waals surface area contributed by atoms with Gasteiger partial charge in [-0.3, -0.25) is 9.10 Å². The van der Waals surface area contributed by atoms with Gasteiger partial charge in [0.2, 0.25) is 0 Å². The molecule has 0 saturated heterocycles. The molecule has 1 amide bonds. The number of rotatable bonds is 13. The van der Waals surface area contributed by atoms with Crippen LogP contribution >= 0.6 is 27.5 Å². The Hall–Kier alpha value is -4.26. The Morgan fingerprint density at radius 3 is 2.25 bits per heavy atom. The highest BCUT2D eigenvalue weighted by atomic mass is 79.9. The minimum absolute atomic E-state index is 0.0152. The molecule has 4 aromatic carbocycles. The standard InChI is InChI=1S/C31H29BrClN3O7S/c1-40-27-14-13-24(17-28(27)41-2)36(44(38,39)25-7-5-4-6-8-25)19-30(37)35-34-18-22-15-26(32)31(29(16-22)42-3)43-20-21-9-11-23(33)12-10-21/h4-18H,19-20H2,1-3H3,(H,35,37)/b34-18-. The fraction of sp³-hybridized carbons (Fsp3) is 0.161. The Morgan fingerprint density at radius 1 is 0.909 bits per heavy atom. The van der Waals surface area contributed by atoms with E-state index < -0.39 is 22.5 Å². The minimum Gasteiger partial charge on any atom is -0.493 e. The molecular weight excluding hydrogens is 674 g/mol. The number of hydrazone groups is 1. The van der Waals surface area contributed by atoms with Crippen molar-refractivity contribution in [3.63, 3.8) is 0 Å². The quantitative estimate of drug-likeness (QED) is 0.133. The van der Waals surface area contributed by atoms with E-state index in [2.05, 4.69) is 26.5 Å². The van der Waals surface area contributed by atoms with Gasteiger partial charge in [0.05, 0.1) is 42.6 Å². The summed E-state index contributed by atoms with van der Waals surface area (Å²) in [6.45, 7) is -0.271. The van der Waals surface area contributed by atoms with Gasteiger partial charge in [-0.15, -0.1) is 0 Å². The van der Waals surface area contributed by atoms with Gasteiger partial charge in [0.25, 0.3) is 15.9 Å². The molecule has 230 valence electrons. The summed E-state index contributed by atoms with van der Waals surface area (Å²) in [4.78, 5) is 13.0. The van der Waals surface area contributed by atoms with E-state index in [0.717, 1.165) is 9.87 Å². The zero-order chi connectivity index (χ0) is 31.7. The third kappa shape index (κ3) is 8.01. The van der Waals surface area contributed by atoms with Crippen molar-refractivity contribution in [2.24, 2.45) is 5.10 Å². The molecule has 0 spiro atoms. The number of hydrogen-bond donors (Lipinski definition) is 1. The molecule has 13 heteroatoms. The number of anilines is 1. The van der Waals surface area contributed by atoms with Crippen molar-refractivity contribution in [2.75, 3.05) is 32.2 Å². The molecule has 0 bridgehead atoms. The molecule has 44 heavy (non-hydrogen) atoms. The maximum atomic E-state index is 13.6. The van der Waals surface area contributed by atoms with E-state index in [4.69, 9.17) is 30.5 Å². The van der Waals surface area contributed by atoms with Crippen molar-refractivity contribution in [2.45, 2.75) is 11.5 Å². The third-order valence-corrected chi connectivity index (χ3v) is 8.85. The summed E-state index contributed by atoms with van der Waals surface area (Å²) in [6.07, 6.45) is 1.40. The van der Waals surface area contributed by atoms with Gasteiger partial charge in [-0.2, -0.15) is 5.10 Å². The number of sulfonamides is 1. The Balaban J connectivity index is 1.51. The lowest BCUT2D eigenvalue weighted by atomic mass is 10.2. The normalized spacial score (nSPS) is 11.2. The number of nitrogens with one attached hydrogen (secondary N) is 1. The van der Waals surface area contributed by atoms with Crippen LogP contribution in [0, 0.1) is 0 Å². The van der Waals surface area contributed by atoms with Gasteiger partial charge in [0.1, 0.15) is 13.2 Å². The summed E-state index contributed by atoms with van der Waals surface area (Å²) >= 11 is 9.46. The van der Waals surface area contributed by atoms with E-state index in [-0.39, 0.29) is 17.2 Å². The van der Waals surface area contributed by atoms with Crippen molar-refractivity contribution in [3.8, 4) is 23.0 Å². The van der Waals surface area contributed by atoms with Crippen molar-refractivity contribution in [3.05, 3.63) is 106 Å². The second-order valence-corrected chi connectivity index (χ2v) is 12.3. The molecule has 0 aliphatic heterocycles. The fourth-order valence-electron chi connectivity index (χ4n) is 4.05. The number of nitrogens with zero attached hydrogens (tertiary/aromatic N) is 2. The summed E-state index contributed by atoms with van der Waals surface area (Å²) in [5.41, 5.74) is 4.11. The van der Waals surface area contributed by atoms with Crippen LogP contribution in [0.5, 0.6) is 23.0 Å². The van der Waals surface area contributed by atoms with Crippen LogP contribution in [0.1, 0.15) is 11.1 Å². The lowest BCUT2D eigenvalue weighted by Gasteiger charge is -2.24. The number of amides is 1. The van der Waals surface area contributed by atoms with Crippen molar-refractivity contribution in [1.82, 2.24) is 5.43 Å². The smallest absolute Gasteiger partial charge is 0.264 e. The third-order valence-electron chi connectivity index (χ3n) is 6.22. The van der Waals surface area contributed by atoms with E-state index in [0.29, 0.717) is 38.1 Å². The number of carbonyl (C=O) groups excluding carboxylic acids is 1. The zero-order valence-electron chi connectivity index (χ0n) is 24.0. The van der Waals surface area contributed by atoms with E-state index in [9.17, 15) is 13.2 Å². The summed E-state index contributed by atoms with van der Waals surface area (Å²) in [5, 5.41) is 4.67. The second kappa shape index (κ2) is 15.0. The molecule has 0 aromatic heterocycles. The van der Waals surface area contributed by atoms with Gasteiger partial charge in [-0.1, -0.05) is 41.9 Å². The molecule has 4 rings (SSSR count). The molecule has 0 saturated carbocycles. The average Bonchev–Trinajstić information content (AvgIpc) is 3.03. The first-order chi connectivity index (χ1) is 21.2. The average molecular weight is 703 g/mol. The maximum Gasteiger partial charge on any atom is 0.264 e. The van der Waals surface area contributed by atoms with Gasteiger partial charge in [0, 0.05) is 11.1 Å². The van der Waals surface area contributed by atoms with Crippen LogP contribution in [0.25, 0.3) is 0 Å². The molecule has 10 nitrogen and oxygen atoms in total. The first kappa shape index (κ1) is 32.6. The monoisotopic (exact) mass is 701 g/mol. The Bertz CT molecular complexity index is 1740. The molecule has 0 aliphatic rings. The predicted octanol–water partition coefficient (Wildman–Crippen LogP) is 6.05. The number of carbonyl (C=O) groups is 1. The number of hydrogen-bond acceptors (Lipinski definition) is 8. The van der Waals surface area contributed by atoms with Crippen LogP contribution in [0.15, 0.2) is 99.4 Å².